The van der Waals surface area contributed by atoms with Crippen LogP contribution >= 0.6 is 0 Å². The number of anilines is 2. The maximum absolute atomic E-state index is 12.7. The van der Waals surface area contributed by atoms with E-state index in [-0.39, 0.29) is 22.5 Å². The highest BCUT2D eigenvalue weighted by Gasteiger charge is 2.31. The van der Waals surface area contributed by atoms with Crippen molar-refractivity contribution in [3.8, 4) is 0 Å². The predicted molar refractivity (Wildman–Crippen MR) is 110 cm³/mol. The van der Waals surface area contributed by atoms with Crippen LogP contribution in [0.1, 0.15) is 37.4 Å². The summed E-state index contributed by atoms with van der Waals surface area (Å²) in [6, 6.07) is 11.9. The van der Waals surface area contributed by atoms with E-state index in [1.54, 1.807) is 19.1 Å². The highest BCUT2D eigenvalue weighted by molar-refractivity contribution is 6.10. The van der Waals surface area contributed by atoms with E-state index in [1.807, 2.05) is 0 Å². The smallest absolute Gasteiger partial charge is 0.320 e. The molecule has 0 fully saturated rings. The molecule has 0 bridgehead atoms. The molecule has 0 aromatic heterocycles. The molecule has 0 radical (unpaired) electrons. The van der Waals surface area contributed by atoms with Crippen LogP contribution in [0.15, 0.2) is 66.7 Å². The fraction of sp³-hybridized carbons (Fsp3) is 0.130. The molecule has 3 aromatic rings. The normalized spacial score (nSPS) is 11.7. The van der Waals surface area contributed by atoms with E-state index in [1.165, 1.54) is 6.07 Å². The summed E-state index contributed by atoms with van der Waals surface area (Å²) >= 11 is 0. The summed E-state index contributed by atoms with van der Waals surface area (Å²) in [5, 5.41) is 5.08. The zero-order chi connectivity index (χ0) is 24.4. The van der Waals surface area contributed by atoms with Crippen LogP contribution in [0.4, 0.5) is 37.7 Å². The summed E-state index contributed by atoms with van der Waals surface area (Å²) < 4.78 is 76.3. The monoisotopic (exact) mass is 466 g/mol. The van der Waals surface area contributed by atoms with E-state index in [0.717, 1.165) is 48.5 Å². The molecule has 4 nitrogen and oxygen atoms in total. The zero-order valence-corrected chi connectivity index (χ0v) is 16.9. The van der Waals surface area contributed by atoms with Crippen LogP contribution in [0.25, 0.3) is 0 Å². The van der Waals surface area contributed by atoms with E-state index >= 15 is 0 Å². The minimum atomic E-state index is -4.54. The summed E-state index contributed by atoms with van der Waals surface area (Å²) in [5.41, 5.74) is -0.974. The van der Waals surface area contributed by atoms with Gasteiger partial charge >= 0.3 is 12.4 Å². The second-order valence-electron chi connectivity index (χ2n) is 7.06. The average molecular weight is 466 g/mol. The number of benzene rings is 3. The number of amides is 2. The van der Waals surface area contributed by atoms with E-state index < -0.39 is 35.3 Å². The number of alkyl halides is 6. The molecule has 33 heavy (non-hydrogen) atoms. The number of nitrogens with one attached hydrogen (secondary N) is 2. The first-order chi connectivity index (χ1) is 15.4. The van der Waals surface area contributed by atoms with E-state index in [4.69, 9.17) is 0 Å². The van der Waals surface area contributed by atoms with Crippen LogP contribution in [0.2, 0.25) is 0 Å². The first-order valence-electron chi connectivity index (χ1n) is 9.43. The second-order valence-corrected chi connectivity index (χ2v) is 7.06. The molecule has 2 amide bonds. The van der Waals surface area contributed by atoms with E-state index in [9.17, 15) is 35.9 Å². The third-order valence-corrected chi connectivity index (χ3v) is 4.71. The number of hydrogen-bond acceptors (Lipinski definition) is 2. The van der Waals surface area contributed by atoms with Crippen LogP contribution in [0, 0.1) is 6.92 Å². The van der Waals surface area contributed by atoms with E-state index in [0.29, 0.717) is 5.56 Å². The third-order valence-electron chi connectivity index (χ3n) is 4.71. The van der Waals surface area contributed by atoms with Crippen molar-refractivity contribution in [1.82, 2.24) is 0 Å². The van der Waals surface area contributed by atoms with Gasteiger partial charge in [-0.1, -0.05) is 12.1 Å². The standard InChI is InChI=1S/C23H16F6N2O2/c1-13-3-2-4-18(30-20(32)14-5-9-16(10-6-14)22(24,25)26)19(13)31-21(33)15-7-11-17(12-8-15)23(27,28)29/h2-12H,1H3,(H,30,32)(H,31,33). The Hall–Kier alpha value is -3.82. The summed E-state index contributed by atoms with van der Waals surface area (Å²) in [6.07, 6.45) is -9.08. The van der Waals surface area contributed by atoms with Gasteiger partial charge in [-0.2, -0.15) is 26.3 Å². The number of carbonyl (C=O) groups excluding carboxylic acids is 2. The predicted octanol–water partition coefficient (Wildman–Crippen LogP) is 6.54. The van der Waals surface area contributed by atoms with Gasteiger partial charge in [-0.25, -0.2) is 0 Å². The molecule has 0 unspecified atom stereocenters. The molecule has 172 valence electrons. The molecular formula is C23H16F6N2O2. The Kier molecular flexibility index (Phi) is 6.48. The molecule has 3 aromatic carbocycles. The van der Waals surface area contributed by atoms with Gasteiger partial charge in [0.05, 0.1) is 22.5 Å². The van der Waals surface area contributed by atoms with Gasteiger partial charge in [0.2, 0.25) is 0 Å². The Morgan fingerprint density at radius 2 is 1.06 bits per heavy atom. The topological polar surface area (TPSA) is 58.2 Å². The Morgan fingerprint density at radius 3 is 1.48 bits per heavy atom. The molecule has 10 heteroatoms. The molecule has 0 spiro atoms. The summed E-state index contributed by atoms with van der Waals surface area (Å²) in [6.45, 7) is 1.64. The molecule has 0 saturated heterocycles. The SMILES string of the molecule is Cc1cccc(NC(=O)c2ccc(C(F)(F)F)cc2)c1NC(=O)c1ccc(C(F)(F)F)cc1. The lowest BCUT2D eigenvalue weighted by atomic mass is 10.1. The van der Waals surface area contributed by atoms with Crippen LogP contribution in [0.3, 0.4) is 0 Å². The number of hydrogen-bond donors (Lipinski definition) is 2. The number of halogens is 6. The minimum absolute atomic E-state index is 0.0359. The number of carbonyl (C=O) groups is 2. The average Bonchev–Trinajstić information content (AvgIpc) is 2.75. The van der Waals surface area contributed by atoms with Gasteiger partial charge in [0.25, 0.3) is 11.8 Å². The Bertz CT molecular complexity index is 1170. The van der Waals surface area contributed by atoms with Gasteiger partial charge in [0.15, 0.2) is 0 Å². The number of para-hydroxylation sites is 1. The van der Waals surface area contributed by atoms with Gasteiger partial charge in [-0.15, -0.1) is 0 Å². The molecule has 0 aliphatic carbocycles. The number of rotatable bonds is 4. The van der Waals surface area contributed by atoms with Gasteiger partial charge in [0, 0.05) is 11.1 Å². The van der Waals surface area contributed by atoms with Crippen molar-refractivity contribution in [1.29, 1.82) is 0 Å². The highest BCUT2D eigenvalue weighted by atomic mass is 19.4. The first-order valence-corrected chi connectivity index (χ1v) is 9.43. The van der Waals surface area contributed by atoms with Crippen molar-refractivity contribution < 1.29 is 35.9 Å². The van der Waals surface area contributed by atoms with Crippen molar-refractivity contribution in [2.24, 2.45) is 0 Å². The number of aryl methyl sites for hydroxylation is 1. The first kappa shape index (κ1) is 23.8. The fourth-order valence-electron chi connectivity index (χ4n) is 2.94. The minimum Gasteiger partial charge on any atom is -0.320 e. The quantitative estimate of drug-likeness (QED) is 0.429. The molecular weight excluding hydrogens is 450 g/mol. The summed E-state index contributed by atoms with van der Waals surface area (Å²) in [7, 11) is 0. The maximum Gasteiger partial charge on any atom is 0.416 e. The van der Waals surface area contributed by atoms with Crippen molar-refractivity contribution in [3.05, 3.63) is 94.5 Å². The lowest BCUT2D eigenvalue weighted by Crippen LogP contribution is -2.18. The molecule has 0 atom stereocenters. The van der Waals surface area contributed by atoms with Crippen molar-refractivity contribution in [2.75, 3.05) is 10.6 Å². The molecule has 3 rings (SSSR count). The van der Waals surface area contributed by atoms with Crippen molar-refractivity contribution in [3.63, 3.8) is 0 Å². The fourth-order valence-corrected chi connectivity index (χ4v) is 2.94. The molecule has 0 aliphatic heterocycles. The van der Waals surface area contributed by atoms with Crippen LogP contribution in [0.5, 0.6) is 0 Å². The largest absolute Gasteiger partial charge is 0.416 e. The Labute approximate surface area is 184 Å². The molecule has 0 heterocycles. The van der Waals surface area contributed by atoms with Crippen LogP contribution in [-0.4, -0.2) is 11.8 Å². The molecule has 0 aliphatic rings. The van der Waals surface area contributed by atoms with Gasteiger partial charge in [-0.3, -0.25) is 9.59 Å². The van der Waals surface area contributed by atoms with Gasteiger partial charge in [0.1, 0.15) is 0 Å². The lowest BCUT2D eigenvalue weighted by Gasteiger charge is -2.15. The van der Waals surface area contributed by atoms with Gasteiger partial charge in [-0.05, 0) is 67.1 Å². The van der Waals surface area contributed by atoms with Crippen molar-refractivity contribution in [2.45, 2.75) is 19.3 Å². The third kappa shape index (κ3) is 5.71. The van der Waals surface area contributed by atoms with Crippen molar-refractivity contribution >= 4 is 23.2 Å². The summed E-state index contributed by atoms with van der Waals surface area (Å²) in [4.78, 5) is 25.1. The summed E-state index contributed by atoms with van der Waals surface area (Å²) in [5.74, 6) is -1.41. The second kappa shape index (κ2) is 8.97. The van der Waals surface area contributed by atoms with E-state index in [2.05, 4.69) is 10.6 Å². The lowest BCUT2D eigenvalue weighted by molar-refractivity contribution is -0.138. The highest BCUT2D eigenvalue weighted by Crippen LogP contribution is 2.31. The van der Waals surface area contributed by atoms with Gasteiger partial charge < -0.3 is 10.6 Å². The Morgan fingerprint density at radius 1 is 0.636 bits per heavy atom. The Balaban J connectivity index is 1.80. The zero-order valence-electron chi connectivity index (χ0n) is 16.9. The van der Waals surface area contributed by atoms with Crippen LogP contribution < -0.4 is 10.6 Å². The molecule has 0 saturated carbocycles. The maximum atomic E-state index is 12.7. The van der Waals surface area contributed by atoms with Crippen LogP contribution in [-0.2, 0) is 12.4 Å². The molecule has 2 N–H and O–H groups in total.